The van der Waals surface area contributed by atoms with Crippen molar-refractivity contribution in [3.63, 3.8) is 0 Å². The molecule has 3 unspecified atom stereocenters. The van der Waals surface area contributed by atoms with E-state index in [1.165, 1.54) is 0 Å². The highest BCUT2D eigenvalue weighted by Gasteiger charge is 2.29. The van der Waals surface area contributed by atoms with Gasteiger partial charge in [0.15, 0.2) is 0 Å². The summed E-state index contributed by atoms with van der Waals surface area (Å²) < 4.78 is 42.1. The standard InChI is InChI=1S/C18H38N3O10P3/c1-2-11-32(25,26)14-19-4-6-20(15-33(27,28)12-3-18(23)24)7-9-21(8-5-19)16-34(29,30)13-10-31-17-22/h17H,2-16H2,1H3,(H,23,24)(H,25,26)(H,27,28)(H,29,30). The molecule has 1 heterocycles. The maximum absolute atomic E-state index is 12.6. The molecular weight excluding hydrogens is 511 g/mol. The number of aliphatic carboxylic acids is 1. The van der Waals surface area contributed by atoms with Gasteiger partial charge in [0.1, 0.15) is 6.61 Å². The number of hydrogen-bond donors (Lipinski definition) is 4. The number of carbonyl (C=O) groups excluding carboxylic acids is 1. The fourth-order valence-electron chi connectivity index (χ4n) is 3.62. The average Bonchev–Trinajstić information content (AvgIpc) is 2.78. The highest BCUT2D eigenvalue weighted by atomic mass is 31.2. The predicted molar refractivity (Wildman–Crippen MR) is 128 cm³/mol. The van der Waals surface area contributed by atoms with E-state index >= 15 is 0 Å². The maximum Gasteiger partial charge on any atom is 0.303 e. The Labute approximate surface area is 200 Å². The van der Waals surface area contributed by atoms with E-state index in [0.717, 1.165) is 0 Å². The number of carboxylic acid groups (broad SMARTS) is 1. The van der Waals surface area contributed by atoms with Crippen molar-refractivity contribution in [2.75, 3.05) is 83.2 Å². The normalized spacial score (nSPS) is 22.4. The first-order valence-electron chi connectivity index (χ1n) is 11.1. The molecule has 0 amide bonds. The van der Waals surface area contributed by atoms with E-state index in [1.54, 1.807) is 14.7 Å². The third kappa shape index (κ3) is 14.1. The molecule has 200 valence electrons. The fourth-order valence-corrected chi connectivity index (χ4v) is 8.40. The molecule has 16 heteroatoms. The van der Waals surface area contributed by atoms with E-state index in [-0.39, 0.29) is 50.4 Å². The van der Waals surface area contributed by atoms with Gasteiger partial charge in [-0.25, -0.2) is 0 Å². The van der Waals surface area contributed by atoms with Crippen molar-refractivity contribution in [3.8, 4) is 0 Å². The second-order valence-corrected chi connectivity index (χ2v) is 15.9. The Bertz CT molecular complexity index is 799. The Morgan fingerprint density at radius 3 is 1.53 bits per heavy atom. The van der Waals surface area contributed by atoms with Crippen LogP contribution < -0.4 is 0 Å². The molecule has 0 aromatic heterocycles. The molecule has 0 radical (unpaired) electrons. The van der Waals surface area contributed by atoms with Crippen molar-refractivity contribution >= 4 is 34.5 Å². The average molecular weight is 549 g/mol. The van der Waals surface area contributed by atoms with Crippen molar-refractivity contribution in [2.24, 2.45) is 0 Å². The van der Waals surface area contributed by atoms with Crippen LogP contribution in [-0.2, 0) is 28.0 Å². The van der Waals surface area contributed by atoms with Crippen LogP contribution in [0.15, 0.2) is 0 Å². The summed E-state index contributed by atoms with van der Waals surface area (Å²) in [6, 6.07) is 0. The number of ether oxygens (including phenoxy) is 1. The summed E-state index contributed by atoms with van der Waals surface area (Å²) in [5.41, 5.74) is 0. The molecule has 1 fully saturated rings. The van der Waals surface area contributed by atoms with Crippen LogP contribution in [0, 0.1) is 0 Å². The zero-order valence-electron chi connectivity index (χ0n) is 19.6. The van der Waals surface area contributed by atoms with Gasteiger partial charge in [-0.15, -0.1) is 0 Å². The van der Waals surface area contributed by atoms with E-state index in [1.807, 2.05) is 6.92 Å². The molecule has 1 aliphatic rings. The molecule has 3 atom stereocenters. The Hall–Kier alpha value is -0.610. The topological polar surface area (TPSA) is 185 Å². The lowest BCUT2D eigenvalue weighted by Crippen LogP contribution is -2.37. The molecule has 0 bridgehead atoms. The summed E-state index contributed by atoms with van der Waals surface area (Å²) in [7, 11) is -10.8. The molecule has 0 aromatic carbocycles. The van der Waals surface area contributed by atoms with E-state index < -0.39 is 34.5 Å². The molecule has 0 aromatic rings. The van der Waals surface area contributed by atoms with Crippen LogP contribution in [0.1, 0.15) is 19.8 Å². The number of hydrogen-bond acceptors (Lipinski definition) is 9. The minimum Gasteiger partial charge on any atom is -0.481 e. The Morgan fingerprint density at radius 1 is 0.794 bits per heavy atom. The van der Waals surface area contributed by atoms with Crippen molar-refractivity contribution in [3.05, 3.63) is 0 Å². The lowest BCUT2D eigenvalue weighted by molar-refractivity contribution is -0.136. The number of carboxylic acids is 1. The first-order valence-corrected chi connectivity index (χ1v) is 17.2. The van der Waals surface area contributed by atoms with Crippen LogP contribution in [0.2, 0.25) is 0 Å². The molecule has 0 aliphatic carbocycles. The number of rotatable bonds is 15. The summed E-state index contributed by atoms with van der Waals surface area (Å²) in [5.74, 6) is -1.16. The number of nitrogens with zero attached hydrogens (tertiary/aromatic N) is 3. The first-order chi connectivity index (χ1) is 15.8. The van der Waals surface area contributed by atoms with Crippen molar-refractivity contribution in [2.45, 2.75) is 19.8 Å². The van der Waals surface area contributed by atoms with Gasteiger partial charge in [-0.2, -0.15) is 0 Å². The third-order valence-electron chi connectivity index (χ3n) is 5.33. The zero-order chi connectivity index (χ0) is 25.8. The van der Waals surface area contributed by atoms with Gasteiger partial charge in [0, 0.05) is 51.6 Å². The van der Waals surface area contributed by atoms with Crippen LogP contribution in [0.25, 0.3) is 0 Å². The van der Waals surface area contributed by atoms with Gasteiger partial charge in [-0.05, 0) is 6.42 Å². The molecule has 1 rings (SSSR count). The van der Waals surface area contributed by atoms with E-state index in [9.17, 15) is 38.0 Å². The summed E-state index contributed by atoms with van der Waals surface area (Å²) in [5, 5.41) is 8.82. The van der Waals surface area contributed by atoms with Gasteiger partial charge in [0.2, 0.25) is 22.1 Å². The molecule has 4 N–H and O–H groups in total. The second kappa shape index (κ2) is 14.8. The first kappa shape index (κ1) is 31.4. The van der Waals surface area contributed by atoms with E-state index in [4.69, 9.17) is 5.11 Å². The van der Waals surface area contributed by atoms with Crippen LogP contribution in [0.5, 0.6) is 0 Å². The summed E-state index contributed by atoms with van der Waals surface area (Å²) in [6.07, 6.45) is -0.760. The van der Waals surface area contributed by atoms with Crippen molar-refractivity contribution in [1.29, 1.82) is 0 Å². The van der Waals surface area contributed by atoms with Gasteiger partial charge in [-0.3, -0.25) is 38.0 Å². The van der Waals surface area contributed by atoms with Gasteiger partial charge < -0.3 is 24.5 Å². The Morgan fingerprint density at radius 2 is 1.18 bits per heavy atom. The lowest BCUT2D eigenvalue weighted by atomic mass is 10.5. The molecule has 0 spiro atoms. The third-order valence-corrected chi connectivity index (χ3v) is 10.8. The van der Waals surface area contributed by atoms with Crippen molar-refractivity contribution in [1.82, 2.24) is 14.7 Å². The Kier molecular flexibility index (Phi) is 13.7. The summed E-state index contributed by atoms with van der Waals surface area (Å²) in [6.45, 7) is 3.81. The molecule has 13 nitrogen and oxygen atoms in total. The van der Waals surface area contributed by atoms with E-state index in [2.05, 4.69) is 4.74 Å². The zero-order valence-corrected chi connectivity index (χ0v) is 22.3. The van der Waals surface area contributed by atoms with Crippen molar-refractivity contribution < 1.29 is 47.8 Å². The largest absolute Gasteiger partial charge is 0.481 e. The van der Waals surface area contributed by atoms with Gasteiger partial charge in [0.25, 0.3) is 6.47 Å². The second-order valence-electron chi connectivity index (χ2n) is 8.60. The van der Waals surface area contributed by atoms with E-state index in [0.29, 0.717) is 45.7 Å². The van der Waals surface area contributed by atoms with Gasteiger partial charge in [-0.1, -0.05) is 6.92 Å². The minimum atomic E-state index is -3.76. The molecule has 1 saturated heterocycles. The molecular formula is C18H38N3O10P3. The summed E-state index contributed by atoms with van der Waals surface area (Å²) >= 11 is 0. The number of carbonyl (C=O) groups is 2. The lowest BCUT2D eigenvalue weighted by Gasteiger charge is -2.28. The monoisotopic (exact) mass is 549 g/mol. The highest BCUT2D eigenvalue weighted by Crippen LogP contribution is 2.44. The van der Waals surface area contributed by atoms with Crippen LogP contribution in [-0.4, -0.2) is 130 Å². The Balaban J connectivity index is 2.95. The summed E-state index contributed by atoms with van der Waals surface area (Å²) in [4.78, 5) is 57.1. The minimum absolute atomic E-state index is 0.0533. The molecule has 0 saturated carbocycles. The maximum atomic E-state index is 12.6. The fraction of sp³-hybridized carbons (Fsp3) is 0.889. The molecule has 1 aliphatic heterocycles. The van der Waals surface area contributed by atoms with Crippen LogP contribution in [0.3, 0.4) is 0 Å². The van der Waals surface area contributed by atoms with Crippen LogP contribution >= 0.6 is 22.1 Å². The van der Waals surface area contributed by atoms with Gasteiger partial charge in [0.05, 0.1) is 31.4 Å². The quantitative estimate of drug-likeness (QED) is 0.127. The highest BCUT2D eigenvalue weighted by molar-refractivity contribution is 7.58. The smallest absolute Gasteiger partial charge is 0.303 e. The SMILES string of the molecule is CCCP(=O)(O)CN1CCN(CP(=O)(O)CCOC=O)CCN(CP(=O)(O)CCC(=O)O)CC1. The predicted octanol–water partition coefficient (Wildman–Crippen LogP) is 0.647. The molecule has 34 heavy (non-hydrogen) atoms. The van der Waals surface area contributed by atoms with Crippen LogP contribution in [0.4, 0.5) is 0 Å². The van der Waals surface area contributed by atoms with Gasteiger partial charge >= 0.3 is 5.97 Å².